The van der Waals surface area contributed by atoms with E-state index in [0.717, 1.165) is 11.3 Å². The highest BCUT2D eigenvalue weighted by Gasteiger charge is 2.37. The Morgan fingerprint density at radius 3 is 2.37 bits per heavy atom. The monoisotopic (exact) mass is 359 g/mol. The minimum Gasteiger partial charge on any atom is -0.497 e. The number of ether oxygens (including phenoxy) is 1. The van der Waals surface area contributed by atoms with Crippen LogP contribution in [0.1, 0.15) is 25.3 Å². The Hall–Kier alpha value is -3.39. The van der Waals surface area contributed by atoms with Gasteiger partial charge in [-0.1, -0.05) is 30.3 Å². The standard InChI is InChI=1S/C22H21N3O2/c1-14-19(13-23)21(16-9-11-18(27-3)12-10-16)20(15(2)24-14)22(26)25-17-7-5-4-6-8-17/h4-12,19,21H,1-3H3,(H,25,26)/t19?,21-/m1/s1. The van der Waals surface area contributed by atoms with Crippen LogP contribution in [0.5, 0.6) is 5.75 Å². The van der Waals surface area contributed by atoms with Crippen LogP contribution in [0.15, 0.2) is 70.9 Å². The number of hydrogen-bond acceptors (Lipinski definition) is 4. The van der Waals surface area contributed by atoms with Gasteiger partial charge < -0.3 is 10.1 Å². The van der Waals surface area contributed by atoms with Crippen molar-refractivity contribution >= 4 is 17.3 Å². The predicted octanol–water partition coefficient (Wildman–Crippen LogP) is 4.31. The summed E-state index contributed by atoms with van der Waals surface area (Å²) in [5.74, 6) is -0.402. The number of hydrogen-bond donors (Lipinski definition) is 1. The average molecular weight is 359 g/mol. The molecule has 0 radical (unpaired) electrons. The van der Waals surface area contributed by atoms with Crippen molar-refractivity contribution in [3.8, 4) is 11.8 Å². The Kier molecular flexibility index (Phi) is 5.37. The van der Waals surface area contributed by atoms with E-state index in [1.807, 2.05) is 68.4 Å². The zero-order valence-electron chi connectivity index (χ0n) is 15.6. The smallest absolute Gasteiger partial charge is 0.254 e. The van der Waals surface area contributed by atoms with Crippen molar-refractivity contribution in [3.63, 3.8) is 0 Å². The van der Waals surface area contributed by atoms with Crippen LogP contribution in [0, 0.1) is 17.2 Å². The first kappa shape index (κ1) is 18.4. The number of nitrogens with zero attached hydrogens (tertiary/aromatic N) is 2. The molecule has 1 amide bonds. The highest BCUT2D eigenvalue weighted by atomic mass is 16.5. The number of methoxy groups -OCH3 is 1. The first-order valence-electron chi connectivity index (χ1n) is 8.71. The van der Waals surface area contributed by atoms with E-state index in [2.05, 4.69) is 16.4 Å². The fourth-order valence-electron chi connectivity index (χ4n) is 3.39. The zero-order valence-corrected chi connectivity index (χ0v) is 15.6. The minimum absolute atomic E-state index is 0.240. The molecule has 0 bridgehead atoms. The molecule has 0 fully saturated rings. The molecule has 27 heavy (non-hydrogen) atoms. The van der Waals surface area contributed by atoms with E-state index in [0.29, 0.717) is 22.7 Å². The van der Waals surface area contributed by atoms with Crippen molar-refractivity contribution in [2.45, 2.75) is 19.8 Å². The third-order valence-corrected chi connectivity index (χ3v) is 4.72. The van der Waals surface area contributed by atoms with Crippen molar-refractivity contribution in [1.82, 2.24) is 0 Å². The molecule has 1 heterocycles. The molecule has 1 unspecified atom stereocenters. The van der Waals surface area contributed by atoms with Crippen LogP contribution in [-0.2, 0) is 4.79 Å². The lowest BCUT2D eigenvalue weighted by molar-refractivity contribution is -0.113. The molecule has 136 valence electrons. The van der Waals surface area contributed by atoms with E-state index < -0.39 is 5.92 Å². The third kappa shape index (κ3) is 3.75. The molecule has 0 saturated carbocycles. The molecule has 1 aliphatic rings. The van der Waals surface area contributed by atoms with Gasteiger partial charge in [0.2, 0.25) is 0 Å². The number of carbonyl (C=O) groups is 1. The number of anilines is 1. The number of benzene rings is 2. The van der Waals surface area contributed by atoms with E-state index in [9.17, 15) is 10.1 Å². The summed E-state index contributed by atoms with van der Waals surface area (Å²) in [6, 6.07) is 19.1. The van der Waals surface area contributed by atoms with E-state index in [4.69, 9.17) is 4.74 Å². The van der Waals surface area contributed by atoms with Crippen molar-refractivity contribution in [2.75, 3.05) is 12.4 Å². The Balaban J connectivity index is 2.04. The average Bonchev–Trinajstić information content (AvgIpc) is 2.68. The Morgan fingerprint density at radius 2 is 1.78 bits per heavy atom. The number of nitrogens with one attached hydrogen (secondary N) is 1. The summed E-state index contributed by atoms with van der Waals surface area (Å²) < 4.78 is 5.23. The van der Waals surface area contributed by atoms with Crippen LogP contribution < -0.4 is 10.1 Å². The number of carbonyl (C=O) groups excluding carboxylic acids is 1. The van der Waals surface area contributed by atoms with Crippen molar-refractivity contribution in [3.05, 3.63) is 71.4 Å². The van der Waals surface area contributed by atoms with Gasteiger partial charge in [0.25, 0.3) is 5.91 Å². The van der Waals surface area contributed by atoms with Crippen LogP contribution in [0.4, 0.5) is 5.69 Å². The molecule has 2 aromatic rings. The molecule has 0 aliphatic carbocycles. The number of aliphatic imine (C=N–C) groups is 1. The fraction of sp³-hybridized carbons (Fsp3) is 0.227. The van der Waals surface area contributed by atoms with Crippen LogP contribution in [-0.4, -0.2) is 18.7 Å². The lowest BCUT2D eigenvalue weighted by atomic mass is 9.76. The van der Waals surface area contributed by atoms with Crippen LogP contribution in [0.25, 0.3) is 0 Å². The van der Waals surface area contributed by atoms with Gasteiger partial charge >= 0.3 is 0 Å². The van der Waals surface area contributed by atoms with E-state index in [1.54, 1.807) is 7.11 Å². The number of rotatable bonds is 4. The maximum Gasteiger partial charge on any atom is 0.254 e. The molecule has 5 heteroatoms. The van der Waals surface area contributed by atoms with Crippen molar-refractivity contribution < 1.29 is 9.53 Å². The van der Waals surface area contributed by atoms with Crippen molar-refractivity contribution in [2.24, 2.45) is 10.9 Å². The number of allylic oxidation sites excluding steroid dienone is 1. The highest BCUT2D eigenvalue weighted by Crippen LogP contribution is 2.39. The van der Waals surface area contributed by atoms with E-state index in [1.165, 1.54) is 0 Å². The van der Waals surface area contributed by atoms with Gasteiger partial charge in [0, 0.05) is 28.6 Å². The lowest BCUT2D eigenvalue weighted by Crippen LogP contribution is -2.31. The predicted molar refractivity (Wildman–Crippen MR) is 106 cm³/mol. The van der Waals surface area contributed by atoms with Gasteiger partial charge in [-0.05, 0) is 43.7 Å². The number of para-hydroxylation sites is 1. The molecule has 0 spiro atoms. The molecule has 0 saturated heterocycles. The van der Waals surface area contributed by atoms with Gasteiger partial charge in [0.15, 0.2) is 0 Å². The molecule has 5 nitrogen and oxygen atoms in total. The highest BCUT2D eigenvalue weighted by molar-refractivity contribution is 6.07. The number of amides is 1. The number of nitriles is 1. The summed E-state index contributed by atoms with van der Waals surface area (Å²) in [6.45, 7) is 3.65. The first-order valence-corrected chi connectivity index (χ1v) is 8.71. The van der Waals surface area contributed by atoms with Gasteiger partial charge in [0.05, 0.1) is 19.1 Å². The molecule has 2 atom stereocenters. The molecule has 3 rings (SSSR count). The largest absolute Gasteiger partial charge is 0.497 e. The molecule has 2 aromatic carbocycles. The maximum absolute atomic E-state index is 13.1. The van der Waals surface area contributed by atoms with Gasteiger partial charge in [-0.25, -0.2) is 0 Å². The summed E-state index contributed by atoms with van der Waals surface area (Å²) in [7, 11) is 1.60. The molecular formula is C22H21N3O2. The second-order valence-corrected chi connectivity index (χ2v) is 6.43. The quantitative estimate of drug-likeness (QED) is 0.884. The second kappa shape index (κ2) is 7.88. The Bertz CT molecular complexity index is 938. The maximum atomic E-state index is 13.1. The molecule has 1 N–H and O–H groups in total. The van der Waals surface area contributed by atoms with Gasteiger partial charge in [0.1, 0.15) is 5.75 Å². The van der Waals surface area contributed by atoms with Crippen LogP contribution in [0.2, 0.25) is 0 Å². The summed E-state index contributed by atoms with van der Waals surface area (Å²) >= 11 is 0. The third-order valence-electron chi connectivity index (χ3n) is 4.72. The van der Waals surface area contributed by atoms with Crippen LogP contribution in [0.3, 0.4) is 0 Å². The van der Waals surface area contributed by atoms with Gasteiger partial charge in [-0.2, -0.15) is 5.26 Å². The minimum atomic E-state index is -0.501. The molecule has 1 aliphatic heterocycles. The van der Waals surface area contributed by atoms with Gasteiger partial charge in [-0.3, -0.25) is 9.79 Å². The molecule has 0 aromatic heterocycles. The summed E-state index contributed by atoms with van der Waals surface area (Å²) in [4.78, 5) is 17.6. The zero-order chi connectivity index (χ0) is 19.4. The SMILES string of the molecule is COc1ccc([C@H]2C(C(=O)Nc3ccccc3)=C(C)N=C(C)C2C#N)cc1. The summed E-state index contributed by atoms with van der Waals surface area (Å²) in [5, 5.41) is 12.7. The topological polar surface area (TPSA) is 74.5 Å². The Labute approximate surface area is 159 Å². The summed E-state index contributed by atoms with van der Waals surface area (Å²) in [5.41, 5.74) is 3.45. The Morgan fingerprint density at radius 1 is 1.11 bits per heavy atom. The van der Waals surface area contributed by atoms with E-state index in [-0.39, 0.29) is 11.8 Å². The summed E-state index contributed by atoms with van der Waals surface area (Å²) in [6.07, 6.45) is 0. The second-order valence-electron chi connectivity index (χ2n) is 6.43. The fourth-order valence-corrected chi connectivity index (χ4v) is 3.39. The van der Waals surface area contributed by atoms with Gasteiger partial charge in [-0.15, -0.1) is 0 Å². The molecular weight excluding hydrogens is 338 g/mol. The van der Waals surface area contributed by atoms with E-state index >= 15 is 0 Å². The lowest BCUT2D eigenvalue weighted by Gasteiger charge is -2.29. The van der Waals surface area contributed by atoms with Crippen LogP contribution >= 0.6 is 0 Å². The van der Waals surface area contributed by atoms with Crippen molar-refractivity contribution in [1.29, 1.82) is 5.26 Å². The first-order chi connectivity index (χ1) is 13.0. The normalized spacial score (nSPS) is 19.1.